The monoisotopic (exact) mass is 233 g/mol. The molecule has 1 aliphatic carbocycles. The fourth-order valence-corrected chi connectivity index (χ4v) is 2.31. The van der Waals surface area contributed by atoms with Crippen LogP contribution >= 0.6 is 0 Å². The van der Waals surface area contributed by atoms with Crippen molar-refractivity contribution in [2.75, 3.05) is 0 Å². The van der Waals surface area contributed by atoms with Crippen LogP contribution in [0.3, 0.4) is 0 Å². The van der Waals surface area contributed by atoms with Crippen molar-refractivity contribution in [1.82, 2.24) is 0 Å². The summed E-state index contributed by atoms with van der Waals surface area (Å²) >= 11 is 0. The number of benzene rings is 1. The van der Waals surface area contributed by atoms with Crippen LogP contribution in [0.1, 0.15) is 37.4 Å². The van der Waals surface area contributed by atoms with Crippen LogP contribution in [-0.2, 0) is 4.79 Å². The van der Waals surface area contributed by atoms with Crippen molar-refractivity contribution < 1.29 is 9.90 Å². The molecule has 0 aromatic heterocycles. The van der Waals surface area contributed by atoms with E-state index in [1.165, 1.54) is 0 Å². The van der Waals surface area contributed by atoms with E-state index in [0.717, 1.165) is 19.3 Å². The van der Waals surface area contributed by atoms with Gasteiger partial charge in [-0.1, -0.05) is 18.6 Å². The van der Waals surface area contributed by atoms with Gasteiger partial charge in [0, 0.05) is 12.3 Å². The zero-order chi connectivity index (χ0) is 12.3. The molecule has 1 aromatic carbocycles. The Morgan fingerprint density at radius 2 is 1.94 bits per heavy atom. The first-order valence-electron chi connectivity index (χ1n) is 5.86. The van der Waals surface area contributed by atoms with Gasteiger partial charge in [0.2, 0.25) is 0 Å². The van der Waals surface area contributed by atoms with E-state index < -0.39 is 6.10 Å². The van der Waals surface area contributed by atoms with Crippen molar-refractivity contribution in [1.29, 1.82) is 0 Å². The minimum Gasteiger partial charge on any atom is -0.388 e. The number of hydrogen-bond acceptors (Lipinski definition) is 4. The fourth-order valence-electron chi connectivity index (χ4n) is 2.31. The third kappa shape index (κ3) is 2.58. The van der Waals surface area contributed by atoms with E-state index in [0.29, 0.717) is 17.7 Å². The first-order chi connectivity index (χ1) is 8.22. The van der Waals surface area contributed by atoms with E-state index in [-0.39, 0.29) is 11.7 Å². The van der Waals surface area contributed by atoms with Crippen molar-refractivity contribution in [2.45, 2.75) is 31.8 Å². The summed E-state index contributed by atoms with van der Waals surface area (Å²) in [5.74, 6) is -0.153. The van der Waals surface area contributed by atoms with Crippen LogP contribution in [-0.4, -0.2) is 10.9 Å². The lowest BCUT2D eigenvalue weighted by Crippen LogP contribution is -2.25. The third-order valence-corrected chi connectivity index (χ3v) is 3.32. The molecule has 0 aliphatic heterocycles. The molecule has 0 heterocycles. The number of aliphatic hydroxyl groups excluding tert-OH is 1. The zero-order valence-corrected chi connectivity index (χ0v) is 9.50. The summed E-state index contributed by atoms with van der Waals surface area (Å²) in [4.78, 5) is 22.0. The number of rotatable bonds is 3. The average molecular weight is 233 g/mol. The molecule has 90 valence electrons. The van der Waals surface area contributed by atoms with Gasteiger partial charge in [-0.25, -0.2) is 0 Å². The second-order valence-corrected chi connectivity index (χ2v) is 4.45. The summed E-state index contributed by atoms with van der Waals surface area (Å²) in [5, 5.41) is 12.9. The van der Waals surface area contributed by atoms with Gasteiger partial charge in [0.25, 0.3) is 0 Å². The maximum atomic E-state index is 11.7. The largest absolute Gasteiger partial charge is 0.388 e. The Morgan fingerprint density at radius 1 is 1.24 bits per heavy atom. The van der Waals surface area contributed by atoms with Gasteiger partial charge in [0.05, 0.1) is 6.10 Å². The standard InChI is InChI=1S/C13H15NO3/c15-12-4-2-1-3-11(12)13(16)9-5-7-10(14-17)8-6-9/h5-8,11,13,16H,1-4H2/t11-,13+/m1/s1. The number of aliphatic hydroxyl groups is 1. The number of nitroso groups, excluding NO2 is 1. The Labute approximate surface area is 99.6 Å². The summed E-state index contributed by atoms with van der Waals surface area (Å²) < 4.78 is 0. The van der Waals surface area contributed by atoms with Crippen molar-refractivity contribution in [3.8, 4) is 0 Å². The number of Topliss-reactive ketones (excluding diaryl/α,β-unsaturated/α-hetero) is 1. The molecule has 1 aliphatic rings. The SMILES string of the molecule is O=Nc1ccc([C@H](O)[C@@H]2CCCCC2=O)cc1. The zero-order valence-electron chi connectivity index (χ0n) is 9.50. The van der Waals surface area contributed by atoms with Crippen LogP contribution in [0.2, 0.25) is 0 Å². The molecule has 1 saturated carbocycles. The minimum absolute atomic E-state index is 0.140. The summed E-state index contributed by atoms with van der Waals surface area (Å²) in [6.45, 7) is 0. The maximum absolute atomic E-state index is 11.7. The van der Waals surface area contributed by atoms with Gasteiger partial charge in [-0.15, -0.1) is 4.91 Å². The lowest BCUT2D eigenvalue weighted by molar-refractivity contribution is -0.128. The molecule has 0 bridgehead atoms. The van der Waals surface area contributed by atoms with Crippen molar-refractivity contribution in [3.63, 3.8) is 0 Å². The average Bonchev–Trinajstić information content (AvgIpc) is 2.39. The van der Waals surface area contributed by atoms with Gasteiger partial charge in [-0.05, 0) is 35.7 Å². The quantitative estimate of drug-likeness (QED) is 0.816. The smallest absolute Gasteiger partial charge is 0.138 e. The van der Waals surface area contributed by atoms with Crippen LogP contribution in [0.5, 0.6) is 0 Å². The first-order valence-corrected chi connectivity index (χ1v) is 5.86. The molecule has 0 saturated heterocycles. The number of hydrogen-bond donors (Lipinski definition) is 1. The van der Waals surface area contributed by atoms with Gasteiger partial charge in [-0.2, -0.15) is 0 Å². The Hall–Kier alpha value is -1.55. The second-order valence-electron chi connectivity index (χ2n) is 4.45. The minimum atomic E-state index is -0.761. The first kappa shape index (κ1) is 11.9. The molecule has 4 nitrogen and oxygen atoms in total. The molecule has 0 spiro atoms. The molecule has 4 heteroatoms. The molecule has 17 heavy (non-hydrogen) atoms. The van der Waals surface area contributed by atoms with Crippen molar-refractivity contribution in [3.05, 3.63) is 34.7 Å². The second kappa shape index (κ2) is 5.19. The molecular formula is C13H15NO3. The van der Waals surface area contributed by atoms with Crippen molar-refractivity contribution >= 4 is 11.5 Å². The van der Waals surface area contributed by atoms with Crippen LogP contribution in [0, 0.1) is 10.8 Å². The summed E-state index contributed by atoms with van der Waals surface area (Å²) in [6, 6.07) is 6.42. The predicted molar refractivity (Wildman–Crippen MR) is 63.8 cm³/mol. The highest BCUT2D eigenvalue weighted by atomic mass is 16.3. The topological polar surface area (TPSA) is 66.7 Å². The molecule has 0 amide bonds. The van der Waals surface area contributed by atoms with Gasteiger partial charge in [-0.3, -0.25) is 4.79 Å². The highest BCUT2D eigenvalue weighted by molar-refractivity contribution is 5.82. The number of nitrogens with zero attached hydrogens (tertiary/aromatic N) is 1. The van der Waals surface area contributed by atoms with E-state index in [1.807, 2.05) is 0 Å². The lowest BCUT2D eigenvalue weighted by atomic mass is 9.82. The lowest BCUT2D eigenvalue weighted by Gasteiger charge is -2.25. The Morgan fingerprint density at radius 3 is 2.53 bits per heavy atom. The highest BCUT2D eigenvalue weighted by Crippen LogP contribution is 2.32. The molecule has 0 radical (unpaired) electrons. The highest BCUT2D eigenvalue weighted by Gasteiger charge is 2.29. The van der Waals surface area contributed by atoms with E-state index in [2.05, 4.69) is 5.18 Å². The predicted octanol–water partition coefficient (Wildman–Crippen LogP) is 2.88. The molecule has 0 unspecified atom stereocenters. The van der Waals surface area contributed by atoms with Crippen molar-refractivity contribution in [2.24, 2.45) is 11.1 Å². The Kier molecular flexibility index (Phi) is 3.64. The van der Waals surface area contributed by atoms with E-state index in [9.17, 15) is 14.8 Å². The summed E-state index contributed by atoms with van der Waals surface area (Å²) in [6.07, 6.45) is 2.46. The summed E-state index contributed by atoms with van der Waals surface area (Å²) in [7, 11) is 0. The van der Waals surface area contributed by atoms with Gasteiger partial charge < -0.3 is 5.11 Å². The number of ketones is 1. The van der Waals surface area contributed by atoms with Crippen LogP contribution < -0.4 is 0 Å². The molecular weight excluding hydrogens is 218 g/mol. The van der Waals surface area contributed by atoms with Gasteiger partial charge >= 0.3 is 0 Å². The van der Waals surface area contributed by atoms with Gasteiger partial charge in [0.15, 0.2) is 0 Å². The van der Waals surface area contributed by atoms with Crippen LogP contribution in [0.15, 0.2) is 29.4 Å². The fraction of sp³-hybridized carbons (Fsp3) is 0.462. The molecule has 1 fully saturated rings. The normalized spacial score (nSPS) is 22.2. The van der Waals surface area contributed by atoms with E-state index in [1.54, 1.807) is 24.3 Å². The molecule has 1 N–H and O–H groups in total. The van der Waals surface area contributed by atoms with Gasteiger partial charge in [0.1, 0.15) is 11.5 Å². The maximum Gasteiger partial charge on any atom is 0.138 e. The molecule has 1 aromatic rings. The van der Waals surface area contributed by atoms with E-state index >= 15 is 0 Å². The van der Waals surface area contributed by atoms with Crippen LogP contribution in [0.4, 0.5) is 5.69 Å². The number of carbonyl (C=O) groups is 1. The Bertz CT molecular complexity index is 413. The third-order valence-electron chi connectivity index (χ3n) is 3.32. The summed E-state index contributed by atoms with van der Waals surface area (Å²) in [5.41, 5.74) is 1.01. The van der Waals surface area contributed by atoms with E-state index in [4.69, 9.17) is 0 Å². The molecule has 2 rings (SSSR count). The Balaban J connectivity index is 2.14. The number of carbonyl (C=O) groups excluding carboxylic acids is 1. The molecule has 2 atom stereocenters. The van der Waals surface area contributed by atoms with Crippen LogP contribution in [0.25, 0.3) is 0 Å².